The summed E-state index contributed by atoms with van der Waals surface area (Å²) >= 11 is 0. The first-order chi connectivity index (χ1) is 10.8. The van der Waals surface area contributed by atoms with Crippen molar-refractivity contribution in [3.05, 3.63) is 48.3 Å². The van der Waals surface area contributed by atoms with Crippen molar-refractivity contribution in [2.24, 2.45) is 5.92 Å². The highest BCUT2D eigenvalue weighted by Gasteiger charge is 2.18. The molecule has 3 rings (SSSR count). The number of hydrogen-bond acceptors (Lipinski definition) is 5. The quantitative estimate of drug-likeness (QED) is 0.887. The van der Waals surface area contributed by atoms with E-state index in [4.69, 9.17) is 0 Å². The normalized spacial score (nSPS) is 15.8. The number of nitrogens with zero attached hydrogens (tertiary/aromatic N) is 3. The molecular formula is C17H22N4O. The topological polar surface area (TPSA) is 61.3 Å². The Kier molecular flexibility index (Phi) is 4.85. The molecule has 1 aliphatic rings. The van der Waals surface area contributed by atoms with Gasteiger partial charge in [-0.15, -0.1) is 0 Å². The molecule has 1 saturated heterocycles. The molecule has 0 amide bonds. The van der Waals surface area contributed by atoms with Gasteiger partial charge in [-0.2, -0.15) is 0 Å². The van der Waals surface area contributed by atoms with Gasteiger partial charge >= 0.3 is 0 Å². The highest BCUT2D eigenvalue weighted by molar-refractivity contribution is 5.48. The largest absolute Gasteiger partial charge is 0.396 e. The lowest BCUT2D eigenvalue weighted by molar-refractivity contribution is 0.203. The van der Waals surface area contributed by atoms with Gasteiger partial charge in [-0.1, -0.05) is 12.1 Å². The average Bonchev–Trinajstić information content (AvgIpc) is 2.61. The number of hydrogen-bond donors (Lipinski definition) is 2. The summed E-state index contributed by atoms with van der Waals surface area (Å²) < 4.78 is 0. The standard InChI is InChI=1S/C17H22N4O/c22-13-15-6-10-21(11-7-15)16-4-2-14(3-5-16)12-20-17-18-8-1-9-19-17/h1-5,8-9,15,22H,6-7,10-13H2,(H,18,19,20). The zero-order chi connectivity index (χ0) is 15.2. The van der Waals surface area contributed by atoms with Gasteiger partial charge in [0.15, 0.2) is 0 Å². The fourth-order valence-electron chi connectivity index (χ4n) is 2.77. The smallest absolute Gasteiger partial charge is 0.222 e. The number of nitrogens with one attached hydrogen (secondary N) is 1. The summed E-state index contributed by atoms with van der Waals surface area (Å²) in [6, 6.07) is 10.4. The molecule has 2 aromatic rings. The molecule has 116 valence electrons. The van der Waals surface area contributed by atoms with Gasteiger partial charge < -0.3 is 15.3 Å². The molecule has 1 fully saturated rings. The third kappa shape index (κ3) is 3.74. The lowest BCUT2D eigenvalue weighted by Gasteiger charge is -2.33. The molecule has 0 unspecified atom stereocenters. The van der Waals surface area contributed by atoms with Gasteiger partial charge in [0.1, 0.15) is 0 Å². The number of anilines is 2. The molecular weight excluding hydrogens is 276 g/mol. The van der Waals surface area contributed by atoms with Gasteiger partial charge in [-0.05, 0) is 42.5 Å². The average molecular weight is 298 g/mol. The first-order valence-electron chi connectivity index (χ1n) is 7.81. The van der Waals surface area contributed by atoms with Gasteiger partial charge in [0, 0.05) is 44.3 Å². The van der Waals surface area contributed by atoms with Crippen LogP contribution in [0.4, 0.5) is 11.6 Å². The highest BCUT2D eigenvalue weighted by atomic mass is 16.3. The van der Waals surface area contributed by atoms with Crippen molar-refractivity contribution in [1.82, 2.24) is 9.97 Å². The SMILES string of the molecule is OCC1CCN(c2ccc(CNc3ncccn3)cc2)CC1. The van der Waals surface area contributed by atoms with Crippen molar-refractivity contribution >= 4 is 11.6 Å². The predicted molar refractivity (Wildman–Crippen MR) is 87.8 cm³/mol. The molecule has 5 nitrogen and oxygen atoms in total. The molecule has 22 heavy (non-hydrogen) atoms. The summed E-state index contributed by atoms with van der Waals surface area (Å²) in [5.41, 5.74) is 2.47. The van der Waals surface area contributed by atoms with E-state index in [9.17, 15) is 5.11 Å². The molecule has 0 saturated carbocycles. The van der Waals surface area contributed by atoms with Gasteiger partial charge in [0.05, 0.1) is 0 Å². The van der Waals surface area contributed by atoms with Crippen LogP contribution in [-0.2, 0) is 6.54 Å². The van der Waals surface area contributed by atoms with Crippen LogP contribution in [0.15, 0.2) is 42.7 Å². The zero-order valence-electron chi connectivity index (χ0n) is 12.7. The Morgan fingerprint density at radius 3 is 2.41 bits per heavy atom. The second-order valence-corrected chi connectivity index (χ2v) is 5.71. The highest BCUT2D eigenvalue weighted by Crippen LogP contribution is 2.23. The summed E-state index contributed by atoms with van der Waals surface area (Å²) in [6.45, 7) is 3.10. The zero-order valence-corrected chi connectivity index (χ0v) is 12.7. The molecule has 1 aliphatic heterocycles. The molecule has 1 aromatic heterocycles. The predicted octanol–water partition coefficient (Wildman–Crippen LogP) is 2.30. The molecule has 0 radical (unpaired) electrons. The summed E-state index contributed by atoms with van der Waals surface area (Å²) in [4.78, 5) is 10.7. The molecule has 2 heterocycles. The van der Waals surface area contributed by atoms with Gasteiger partial charge in [0.25, 0.3) is 0 Å². The van der Waals surface area contributed by atoms with Crippen molar-refractivity contribution in [2.75, 3.05) is 29.9 Å². The van der Waals surface area contributed by atoms with Crippen molar-refractivity contribution in [1.29, 1.82) is 0 Å². The number of aliphatic hydroxyl groups excluding tert-OH is 1. The minimum Gasteiger partial charge on any atom is -0.396 e. The lowest BCUT2D eigenvalue weighted by atomic mass is 9.97. The monoisotopic (exact) mass is 298 g/mol. The van der Waals surface area contributed by atoms with E-state index in [0.717, 1.165) is 32.5 Å². The van der Waals surface area contributed by atoms with Crippen LogP contribution in [0.1, 0.15) is 18.4 Å². The first-order valence-corrected chi connectivity index (χ1v) is 7.81. The Labute approximate surface area is 131 Å². The Hall–Kier alpha value is -2.14. The van der Waals surface area contributed by atoms with Crippen molar-refractivity contribution in [2.45, 2.75) is 19.4 Å². The van der Waals surface area contributed by atoms with E-state index in [2.05, 4.69) is 44.5 Å². The first kappa shape index (κ1) is 14.8. The van der Waals surface area contributed by atoms with E-state index in [-0.39, 0.29) is 0 Å². The van der Waals surface area contributed by atoms with E-state index in [1.165, 1.54) is 11.3 Å². The Morgan fingerprint density at radius 1 is 1.09 bits per heavy atom. The molecule has 0 aliphatic carbocycles. The number of aromatic nitrogens is 2. The van der Waals surface area contributed by atoms with Crippen LogP contribution in [0.25, 0.3) is 0 Å². The van der Waals surface area contributed by atoms with Crippen LogP contribution in [0.3, 0.4) is 0 Å². The van der Waals surface area contributed by atoms with Gasteiger partial charge in [0.2, 0.25) is 5.95 Å². The number of aliphatic hydroxyl groups is 1. The maximum Gasteiger partial charge on any atom is 0.222 e. The third-order valence-electron chi connectivity index (χ3n) is 4.19. The van der Waals surface area contributed by atoms with E-state index >= 15 is 0 Å². The van der Waals surface area contributed by atoms with Crippen LogP contribution in [-0.4, -0.2) is 34.8 Å². The van der Waals surface area contributed by atoms with E-state index in [1.54, 1.807) is 18.5 Å². The fraction of sp³-hybridized carbons (Fsp3) is 0.412. The van der Waals surface area contributed by atoms with E-state index < -0.39 is 0 Å². The van der Waals surface area contributed by atoms with E-state index in [0.29, 0.717) is 18.5 Å². The van der Waals surface area contributed by atoms with Crippen molar-refractivity contribution in [3.63, 3.8) is 0 Å². The third-order valence-corrected chi connectivity index (χ3v) is 4.19. The van der Waals surface area contributed by atoms with Crippen LogP contribution in [0.5, 0.6) is 0 Å². The second kappa shape index (κ2) is 7.22. The molecule has 2 N–H and O–H groups in total. The summed E-state index contributed by atoms with van der Waals surface area (Å²) in [5.74, 6) is 1.13. The maximum absolute atomic E-state index is 9.20. The Balaban J connectivity index is 1.54. The fourth-order valence-corrected chi connectivity index (χ4v) is 2.77. The molecule has 1 aromatic carbocycles. The van der Waals surface area contributed by atoms with Gasteiger partial charge in [-0.3, -0.25) is 0 Å². The van der Waals surface area contributed by atoms with Crippen LogP contribution in [0.2, 0.25) is 0 Å². The summed E-state index contributed by atoms with van der Waals surface area (Å²) in [5, 5.41) is 12.4. The van der Waals surface area contributed by atoms with Crippen molar-refractivity contribution < 1.29 is 5.11 Å². The Bertz CT molecular complexity index is 565. The maximum atomic E-state index is 9.20. The summed E-state index contributed by atoms with van der Waals surface area (Å²) in [6.07, 6.45) is 5.61. The molecule has 5 heteroatoms. The molecule has 0 spiro atoms. The second-order valence-electron chi connectivity index (χ2n) is 5.71. The number of rotatable bonds is 5. The number of piperidine rings is 1. The van der Waals surface area contributed by atoms with Crippen molar-refractivity contribution in [3.8, 4) is 0 Å². The minimum absolute atomic E-state index is 0.319. The lowest BCUT2D eigenvalue weighted by Crippen LogP contribution is -2.34. The Morgan fingerprint density at radius 2 is 1.77 bits per heavy atom. The van der Waals surface area contributed by atoms with Gasteiger partial charge in [-0.25, -0.2) is 9.97 Å². The minimum atomic E-state index is 0.319. The van der Waals surface area contributed by atoms with Crippen LogP contribution < -0.4 is 10.2 Å². The van der Waals surface area contributed by atoms with Crippen LogP contribution >= 0.6 is 0 Å². The number of benzene rings is 1. The summed E-state index contributed by atoms with van der Waals surface area (Å²) in [7, 11) is 0. The molecule has 0 bridgehead atoms. The van der Waals surface area contributed by atoms with E-state index in [1.807, 2.05) is 0 Å². The molecule has 0 atom stereocenters. The van der Waals surface area contributed by atoms with Crippen LogP contribution in [0, 0.1) is 5.92 Å².